The number of aliphatic hydroxyl groups is 1. The van der Waals surface area contributed by atoms with Gasteiger partial charge in [0.25, 0.3) is 11.5 Å². The lowest BCUT2D eigenvalue weighted by molar-refractivity contribution is -0.157. The Morgan fingerprint density at radius 1 is 1.19 bits per heavy atom. The Balaban J connectivity index is 1.27. The molecule has 3 N–H and O–H groups in total. The van der Waals surface area contributed by atoms with Crippen molar-refractivity contribution in [1.82, 2.24) is 14.8 Å². The molecule has 2 aliphatic carbocycles. The molecule has 1 aromatic carbocycles. The quantitative estimate of drug-likeness (QED) is 0.602. The molecule has 0 spiro atoms. The van der Waals surface area contributed by atoms with E-state index in [2.05, 4.69) is 10.2 Å². The van der Waals surface area contributed by atoms with Crippen molar-refractivity contribution in [3.8, 4) is 5.75 Å². The van der Waals surface area contributed by atoms with Crippen LogP contribution in [-0.4, -0.2) is 56.4 Å². The van der Waals surface area contributed by atoms with E-state index >= 15 is 0 Å². The van der Waals surface area contributed by atoms with E-state index in [1.165, 1.54) is 12.8 Å². The van der Waals surface area contributed by atoms with Gasteiger partial charge in [-0.3, -0.25) is 14.5 Å². The summed E-state index contributed by atoms with van der Waals surface area (Å²) in [6, 6.07) is 7.88. The standard InChI is InChI=1S/C25H33N3O4/c1-15(2)28-20-7-4-3-6-19(20)22(29)21(24(28)31)23(30)26-8-5-9-27-17-10-16-11-18(27)14-25(32,12-16)13-17/h3-4,6-7,15-18,29,32H,5,8-14H2,1-2H3,(H,26,30). The molecule has 0 radical (unpaired) electrons. The Morgan fingerprint density at radius 2 is 1.88 bits per heavy atom. The second-order valence-corrected chi connectivity index (χ2v) is 10.3. The highest BCUT2D eigenvalue weighted by atomic mass is 16.3. The number of para-hydroxylation sites is 1. The zero-order valence-electron chi connectivity index (χ0n) is 18.9. The van der Waals surface area contributed by atoms with Crippen molar-refractivity contribution < 1.29 is 15.0 Å². The van der Waals surface area contributed by atoms with Gasteiger partial charge in [-0.15, -0.1) is 0 Å². The third kappa shape index (κ3) is 3.52. The number of rotatable bonds is 6. The molecule has 4 fully saturated rings. The van der Waals surface area contributed by atoms with E-state index in [-0.39, 0.29) is 17.4 Å². The van der Waals surface area contributed by atoms with Crippen molar-refractivity contribution in [2.24, 2.45) is 5.92 Å². The molecule has 2 atom stereocenters. The normalized spacial score (nSPS) is 29.2. The summed E-state index contributed by atoms with van der Waals surface area (Å²) in [6.45, 7) is 5.10. The van der Waals surface area contributed by atoms with Crippen LogP contribution in [0.25, 0.3) is 10.9 Å². The van der Waals surface area contributed by atoms with Gasteiger partial charge in [-0.05, 0) is 70.4 Å². The zero-order valence-corrected chi connectivity index (χ0v) is 18.9. The smallest absolute Gasteiger partial charge is 0.267 e. The highest BCUT2D eigenvalue weighted by molar-refractivity contribution is 6.02. The molecule has 2 saturated heterocycles. The van der Waals surface area contributed by atoms with Crippen molar-refractivity contribution in [3.05, 3.63) is 40.2 Å². The number of carbonyl (C=O) groups excluding carboxylic acids is 1. The first-order valence-corrected chi connectivity index (χ1v) is 11.9. The van der Waals surface area contributed by atoms with Gasteiger partial charge in [-0.1, -0.05) is 12.1 Å². The molecule has 2 saturated carbocycles. The third-order valence-corrected chi connectivity index (χ3v) is 7.76. The minimum absolute atomic E-state index is 0.140. The molecule has 1 aromatic heterocycles. The predicted octanol–water partition coefficient (Wildman–Crippen LogP) is 2.79. The first-order valence-electron chi connectivity index (χ1n) is 11.9. The first kappa shape index (κ1) is 21.5. The molecular weight excluding hydrogens is 406 g/mol. The van der Waals surface area contributed by atoms with Crippen LogP contribution in [0.1, 0.15) is 68.8 Å². The number of pyridine rings is 1. The van der Waals surface area contributed by atoms with E-state index in [4.69, 9.17) is 0 Å². The van der Waals surface area contributed by atoms with Gasteiger partial charge in [-0.2, -0.15) is 0 Å². The van der Waals surface area contributed by atoms with Crippen LogP contribution >= 0.6 is 0 Å². The Morgan fingerprint density at radius 3 is 2.53 bits per heavy atom. The summed E-state index contributed by atoms with van der Waals surface area (Å²) in [7, 11) is 0. The van der Waals surface area contributed by atoms with Crippen LogP contribution in [0.15, 0.2) is 29.1 Å². The average Bonchev–Trinajstić information content (AvgIpc) is 2.71. The summed E-state index contributed by atoms with van der Waals surface area (Å²) in [5, 5.41) is 24.8. The summed E-state index contributed by atoms with van der Waals surface area (Å²) in [5.74, 6) is -0.118. The van der Waals surface area contributed by atoms with Crippen LogP contribution < -0.4 is 10.9 Å². The maximum Gasteiger partial charge on any atom is 0.267 e. The number of nitrogens with one attached hydrogen (secondary N) is 1. The SMILES string of the molecule is CC(C)n1c(=O)c(C(=O)NCCCN2C3CC4CC2CC(O)(C4)C3)c(O)c2ccccc21. The maximum absolute atomic E-state index is 13.1. The largest absolute Gasteiger partial charge is 0.506 e. The number of hydrogen-bond donors (Lipinski definition) is 3. The molecule has 3 heterocycles. The molecule has 7 nitrogen and oxygen atoms in total. The average molecular weight is 440 g/mol. The van der Waals surface area contributed by atoms with Crippen LogP contribution in [0.2, 0.25) is 0 Å². The number of amides is 1. The monoisotopic (exact) mass is 439 g/mol. The van der Waals surface area contributed by atoms with Gasteiger partial charge in [-0.25, -0.2) is 0 Å². The van der Waals surface area contributed by atoms with Gasteiger partial charge < -0.3 is 20.1 Å². The van der Waals surface area contributed by atoms with Gasteiger partial charge in [0.2, 0.25) is 0 Å². The molecule has 4 bridgehead atoms. The van der Waals surface area contributed by atoms with E-state index in [0.717, 1.165) is 32.2 Å². The van der Waals surface area contributed by atoms with Gasteiger partial charge in [0.1, 0.15) is 11.3 Å². The molecule has 6 rings (SSSR count). The Bertz CT molecular complexity index is 1090. The van der Waals surface area contributed by atoms with E-state index in [1.807, 2.05) is 19.9 Å². The van der Waals surface area contributed by atoms with E-state index in [9.17, 15) is 19.8 Å². The fraction of sp³-hybridized carbons (Fsp3) is 0.600. The van der Waals surface area contributed by atoms with E-state index < -0.39 is 17.1 Å². The first-order chi connectivity index (χ1) is 15.3. The van der Waals surface area contributed by atoms with Crippen molar-refractivity contribution >= 4 is 16.8 Å². The molecule has 2 unspecified atom stereocenters. The molecule has 32 heavy (non-hydrogen) atoms. The predicted molar refractivity (Wildman–Crippen MR) is 123 cm³/mol. The molecule has 4 aliphatic rings. The summed E-state index contributed by atoms with van der Waals surface area (Å²) in [6.07, 6.45) is 5.81. The summed E-state index contributed by atoms with van der Waals surface area (Å²) < 4.78 is 1.56. The third-order valence-electron chi connectivity index (χ3n) is 7.76. The molecule has 2 aliphatic heterocycles. The lowest BCUT2D eigenvalue weighted by Gasteiger charge is -2.60. The van der Waals surface area contributed by atoms with Crippen LogP contribution in [0.3, 0.4) is 0 Å². The summed E-state index contributed by atoms with van der Waals surface area (Å²) in [5.41, 5.74) is -0.482. The fourth-order valence-corrected chi connectivity index (χ4v) is 6.65. The Hall–Kier alpha value is -2.38. The van der Waals surface area contributed by atoms with E-state index in [1.54, 1.807) is 22.8 Å². The number of carbonyl (C=O) groups is 1. The second-order valence-electron chi connectivity index (χ2n) is 10.3. The van der Waals surface area contributed by atoms with Crippen molar-refractivity contribution in [3.63, 3.8) is 0 Å². The highest BCUT2D eigenvalue weighted by Gasteiger charge is 2.53. The topological polar surface area (TPSA) is 94.8 Å². The van der Waals surface area contributed by atoms with Gasteiger partial charge in [0.15, 0.2) is 0 Å². The van der Waals surface area contributed by atoms with Crippen LogP contribution in [0.4, 0.5) is 0 Å². The number of hydrogen-bond acceptors (Lipinski definition) is 5. The molecule has 172 valence electrons. The fourth-order valence-electron chi connectivity index (χ4n) is 6.65. The number of benzene rings is 1. The Kier molecular flexibility index (Phi) is 5.29. The number of piperidine rings is 2. The summed E-state index contributed by atoms with van der Waals surface area (Å²) >= 11 is 0. The molecule has 1 amide bonds. The van der Waals surface area contributed by atoms with Crippen LogP contribution in [-0.2, 0) is 0 Å². The number of fused-ring (bicyclic) bond motifs is 1. The van der Waals surface area contributed by atoms with Gasteiger partial charge in [0, 0.05) is 36.6 Å². The highest BCUT2D eigenvalue weighted by Crippen LogP contribution is 2.51. The maximum atomic E-state index is 13.1. The van der Waals surface area contributed by atoms with Crippen LogP contribution in [0.5, 0.6) is 5.75 Å². The molecular formula is C25H33N3O4. The number of aromatic hydroxyl groups is 1. The zero-order chi connectivity index (χ0) is 22.6. The summed E-state index contributed by atoms with van der Waals surface area (Å²) in [4.78, 5) is 28.5. The van der Waals surface area contributed by atoms with Gasteiger partial charge >= 0.3 is 0 Å². The van der Waals surface area contributed by atoms with Crippen molar-refractivity contribution in [2.75, 3.05) is 13.1 Å². The minimum atomic E-state index is -0.526. The second kappa shape index (κ2) is 7.89. The lowest BCUT2D eigenvalue weighted by atomic mass is 9.61. The Labute approximate surface area is 188 Å². The van der Waals surface area contributed by atoms with Crippen LogP contribution in [0, 0.1) is 5.92 Å². The minimum Gasteiger partial charge on any atom is -0.506 e. The molecule has 7 heteroatoms. The van der Waals surface area contributed by atoms with Crippen molar-refractivity contribution in [1.29, 1.82) is 0 Å². The van der Waals surface area contributed by atoms with Crippen molar-refractivity contribution in [2.45, 2.75) is 76.1 Å². The van der Waals surface area contributed by atoms with E-state index in [0.29, 0.717) is 35.4 Å². The number of aromatic nitrogens is 1. The molecule has 2 aromatic rings. The lowest BCUT2D eigenvalue weighted by Crippen LogP contribution is -2.64. The number of nitrogens with zero attached hydrogens (tertiary/aromatic N) is 2. The van der Waals surface area contributed by atoms with Gasteiger partial charge in [0.05, 0.1) is 11.1 Å².